The Morgan fingerprint density at radius 2 is 2.16 bits per heavy atom. The van der Waals surface area contributed by atoms with Gasteiger partial charge < -0.3 is 19.2 Å². The molecule has 2 aromatic heterocycles. The lowest BCUT2D eigenvalue weighted by atomic mass is 10.2. The van der Waals surface area contributed by atoms with Crippen LogP contribution in [0.1, 0.15) is 10.4 Å². The van der Waals surface area contributed by atoms with E-state index < -0.39 is 0 Å². The van der Waals surface area contributed by atoms with Crippen molar-refractivity contribution >= 4 is 17.1 Å². The molecule has 1 fully saturated rings. The van der Waals surface area contributed by atoms with Crippen molar-refractivity contribution in [3.8, 4) is 0 Å². The molecule has 100 valence electrons. The zero-order valence-corrected chi connectivity index (χ0v) is 10.5. The van der Waals surface area contributed by atoms with Crippen LogP contribution < -0.4 is 5.56 Å². The lowest BCUT2D eigenvalue weighted by Crippen LogP contribution is -2.41. The number of imidazole rings is 1. The average Bonchev–Trinajstić information content (AvgIpc) is 2.79. The normalized spacial score (nSPS) is 15.9. The lowest BCUT2D eigenvalue weighted by molar-refractivity contribution is 0.0304. The van der Waals surface area contributed by atoms with Gasteiger partial charge in [0.2, 0.25) is 5.56 Å². The molecule has 7 heteroatoms. The first kappa shape index (κ1) is 11.9. The summed E-state index contributed by atoms with van der Waals surface area (Å²) in [6, 6.07) is 1.34. The summed E-state index contributed by atoms with van der Waals surface area (Å²) >= 11 is 0. The van der Waals surface area contributed by atoms with E-state index in [1.807, 2.05) is 0 Å². The number of nitrogens with one attached hydrogen (secondary N) is 1. The third-order valence-electron chi connectivity index (χ3n) is 3.24. The Morgan fingerprint density at radius 1 is 1.42 bits per heavy atom. The van der Waals surface area contributed by atoms with Crippen molar-refractivity contribution in [3.63, 3.8) is 0 Å². The van der Waals surface area contributed by atoms with Gasteiger partial charge in [0, 0.05) is 26.2 Å². The predicted molar refractivity (Wildman–Crippen MR) is 68.1 cm³/mol. The molecule has 0 saturated carbocycles. The topological polar surface area (TPSA) is 80.2 Å². The van der Waals surface area contributed by atoms with Crippen molar-refractivity contribution < 1.29 is 9.53 Å². The maximum atomic E-state index is 12.5. The highest BCUT2D eigenvalue weighted by Crippen LogP contribution is 2.15. The number of fused-ring (bicyclic) bond motifs is 1. The molecule has 1 N–H and O–H groups in total. The van der Waals surface area contributed by atoms with Gasteiger partial charge in [-0.3, -0.25) is 9.59 Å². The van der Waals surface area contributed by atoms with Gasteiger partial charge in [-0.2, -0.15) is 0 Å². The fourth-order valence-corrected chi connectivity index (χ4v) is 2.29. The molecule has 0 radical (unpaired) electrons. The molecular weight excluding hydrogens is 248 g/mol. The Hall–Kier alpha value is -2.15. The number of morpholine rings is 1. The molecule has 1 saturated heterocycles. The number of rotatable bonds is 1. The molecule has 0 bridgehead atoms. The van der Waals surface area contributed by atoms with Crippen molar-refractivity contribution in [2.24, 2.45) is 7.05 Å². The number of carbonyl (C=O) groups is 1. The monoisotopic (exact) mass is 262 g/mol. The van der Waals surface area contributed by atoms with Gasteiger partial charge in [0.25, 0.3) is 5.91 Å². The number of aromatic amines is 1. The van der Waals surface area contributed by atoms with Crippen LogP contribution in [-0.4, -0.2) is 51.6 Å². The fourth-order valence-electron chi connectivity index (χ4n) is 2.29. The highest BCUT2D eigenvalue weighted by Gasteiger charge is 2.22. The molecule has 1 amide bonds. The van der Waals surface area contributed by atoms with Gasteiger partial charge in [0.1, 0.15) is 0 Å². The van der Waals surface area contributed by atoms with E-state index in [4.69, 9.17) is 4.74 Å². The minimum absolute atomic E-state index is 0.150. The second-order valence-corrected chi connectivity index (χ2v) is 4.50. The first-order chi connectivity index (χ1) is 9.16. The zero-order chi connectivity index (χ0) is 13.4. The molecule has 0 unspecified atom stereocenters. The maximum absolute atomic E-state index is 12.5. The van der Waals surface area contributed by atoms with Gasteiger partial charge >= 0.3 is 0 Å². The SMILES string of the molecule is Cn1cnc2[nH]c(=O)cc(C(=O)N3CCOCC3)c21. The smallest absolute Gasteiger partial charge is 0.256 e. The van der Waals surface area contributed by atoms with Crippen LogP contribution in [0.2, 0.25) is 0 Å². The van der Waals surface area contributed by atoms with Crippen LogP contribution in [0, 0.1) is 0 Å². The van der Waals surface area contributed by atoms with E-state index in [2.05, 4.69) is 9.97 Å². The summed E-state index contributed by atoms with van der Waals surface area (Å²) in [6.45, 7) is 2.16. The third-order valence-corrected chi connectivity index (χ3v) is 3.24. The van der Waals surface area contributed by atoms with E-state index in [-0.39, 0.29) is 11.5 Å². The molecule has 1 aliphatic rings. The van der Waals surface area contributed by atoms with Crippen molar-refractivity contribution in [2.75, 3.05) is 26.3 Å². The average molecular weight is 262 g/mol. The Balaban J connectivity index is 2.10. The fraction of sp³-hybridized carbons (Fsp3) is 0.417. The van der Waals surface area contributed by atoms with Crippen molar-refractivity contribution in [1.29, 1.82) is 0 Å². The summed E-state index contributed by atoms with van der Waals surface area (Å²) < 4.78 is 6.96. The largest absolute Gasteiger partial charge is 0.378 e. The minimum atomic E-state index is -0.317. The van der Waals surface area contributed by atoms with Gasteiger partial charge in [-0.1, -0.05) is 0 Å². The first-order valence-electron chi connectivity index (χ1n) is 6.08. The van der Waals surface area contributed by atoms with E-state index >= 15 is 0 Å². The number of amides is 1. The zero-order valence-electron chi connectivity index (χ0n) is 10.5. The Morgan fingerprint density at radius 3 is 2.89 bits per heavy atom. The third kappa shape index (κ3) is 2.01. The number of ether oxygens (including phenoxy) is 1. The molecular formula is C12H14N4O3. The number of nitrogens with zero attached hydrogens (tertiary/aromatic N) is 3. The highest BCUT2D eigenvalue weighted by molar-refractivity contribution is 6.04. The first-order valence-corrected chi connectivity index (χ1v) is 6.08. The van der Waals surface area contributed by atoms with Gasteiger partial charge in [-0.15, -0.1) is 0 Å². The number of carbonyl (C=O) groups excluding carboxylic acids is 1. The van der Waals surface area contributed by atoms with Gasteiger partial charge in [-0.05, 0) is 0 Å². The predicted octanol–water partition coefficient (Wildman–Crippen LogP) is -0.266. The summed E-state index contributed by atoms with van der Waals surface area (Å²) in [5.41, 5.74) is 1.16. The number of aryl methyl sites for hydroxylation is 1. The summed E-state index contributed by atoms with van der Waals surface area (Å²) in [5, 5.41) is 0. The minimum Gasteiger partial charge on any atom is -0.378 e. The molecule has 3 heterocycles. The van der Waals surface area contributed by atoms with E-state index in [1.165, 1.54) is 6.07 Å². The number of hydrogen-bond donors (Lipinski definition) is 1. The Kier molecular flexibility index (Phi) is 2.83. The summed E-state index contributed by atoms with van der Waals surface area (Å²) in [5.74, 6) is -0.150. The van der Waals surface area contributed by atoms with Crippen LogP contribution in [0.25, 0.3) is 11.2 Å². The molecule has 19 heavy (non-hydrogen) atoms. The second-order valence-electron chi connectivity index (χ2n) is 4.50. The molecule has 0 aliphatic carbocycles. The van der Waals surface area contributed by atoms with Gasteiger partial charge in [0.15, 0.2) is 5.65 Å². The number of H-pyrrole nitrogens is 1. The Labute approximate surface area is 108 Å². The molecule has 0 atom stereocenters. The van der Waals surface area contributed by atoms with E-state index in [0.29, 0.717) is 43.0 Å². The molecule has 3 rings (SSSR count). The molecule has 1 aliphatic heterocycles. The lowest BCUT2D eigenvalue weighted by Gasteiger charge is -2.27. The van der Waals surface area contributed by atoms with Crippen molar-refractivity contribution in [3.05, 3.63) is 28.3 Å². The maximum Gasteiger partial charge on any atom is 0.256 e. The van der Waals surface area contributed by atoms with Gasteiger partial charge in [-0.25, -0.2) is 4.98 Å². The number of hydrogen-bond acceptors (Lipinski definition) is 4. The van der Waals surface area contributed by atoms with E-state index in [9.17, 15) is 9.59 Å². The summed E-state index contributed by atoms with van der Waals surface area (Å²) in [4.78, 5) is 32.5. The summed E-state index contributed by atoms with van der Waals surface area (Å²) in [7, 11) is 1.80. The Bertz CT molecular complexity index is 682. The molecule has 7 nitrogen and oxygen atoms in total. The van der Waals surface area contributed by atoms with Crippen LogP contribution in [0.5, 0.6) is 0 Å². The van der Waals surface area contributed by atoms with Crippen molar-refractivity contribution in [1.82, 2.24) is 19.4 Å². The molecule has 0 aromatic carbocycles. The molecule has 0 spiro atoms. The second kappa shape index (κ2) is 4.51. The van der Waals surface area contributed by atoms with Crippen molar-refractivity contribution in [2.45, 2.75) is 0 Å². The number of aromatic nitrogens is 3. The van der Waals surface area contributed by atoms with Gasteiger partial charge in [0.05, 0.1) is 30.6 Å². The van der Waals surface area contributed by atoms with E-state index in [0.717, 1.165) is 0 Å². The standard InChI is InChI=1S/C12H14N4O3/c1-15-7-13-11-10(15)8(6-9(17)14-11)12(18)16-2-4-19-5-3-16/h6-7H,2-5H2,1H3,(H,14,17). The quantitative estimate of drug-likeness (QED) is 0.767. The summed E-state index contributed by atoms with van der Waals surface area (Å²) in [6.07, 6.45) is 1.58. The van der Waals surface area contributed by atoms with Crippen LogP contribution in [0.15, 0.2) is 17.2 Å². The highest BCUT2D eigenvalue weighted by atomic mass is 16.5. The number of pyridine rings is 1. The van der Waals surface area contributed by atoms with Crippen LogP contribution in [0.3, 0.4) is 0 Å². The van der Waals surface area contributed by atoms with Crippen LogP contribution >= 0.6 is 0 Å². The molecule has 2 aromatic rings. The van der Waals surface area contributed by atoms with Crippen LogP contribution in [0.4, 0.5) is 0 Å². The van der Waals surface area contributed by atoms with E-state index in [1.54, 1.807) is 22.8 Å². The van der Waals surface area contributed by atoms with Crippen LogP contribution in [-0.2, 0) is 11.8 Å².